The number of carbonyl (C=O) groups is 1. The average molecular weight is 228 g/mol. The SMILES string of the molecule is CC(=O)O[C@@H](C)CC(C)(C)[NH+]1CCCCC1. The van der Waals surface area contributed by atoms with E-state index in [2.05, 4.69) is 13.8 Å². The maximum Gasteiger partial charge on any atom is 0.302 e. The van der Waals surface area contributed by atoms with E-state index in [0.29, 0.717) is 0 Å². The molecule has 0 unspecified atom stereocenters. The van der Waals surface area contributed by atoms with Crippen LogP contribution < -0.4 is 4.90 Å². The van der Waals surface area contributed by atoms with E-state index in [1.54, 1.807) is 4.90 Å². The molecule has 0 aliphatic carbocycles. The summed E-state index contributed by atoms with van der Waals surface area (Å²) in [6.45, 7) is 10.6. The van der Waals surface area contributed by atoms with Gasteiger partial charge >= 0.3 is 5.97 Å². The normalized spacial score (nSPS) is 20.5. The Morgan fingerprint density at radius 3 is 2.38 bits per heavy atom. The van der Waals surface area contributed by atoms with Crippen LogP contribution in [0.25, 0.3) is 0 Å². The van der Waals surface area contributed by atoms with Crippen molar-refractivity contribution in [3.05, 3.63) is 0 Å². The van der Waals surface area contributed by atoms with E-state index >= 15 is 0 Å². The van der Waals surface area contributed by atoms with Crippen LogP contribution in [0.15, 0.2) is 0 Å². The van der Waals surface area contributed by atoms with Crippen LogP contribution >= 0.6 is 0 Å². The van der Waals surface area contributed by atoms with Gasteiger partial charge in [-0.25, -0.2) is 0 Å². The minimum Gasteiger partial charge on any atom is -0.463 e. The zero-order valence-electron chi connectivity index (χ0n) is 11.1. The highest BCUT2D eigenvalue weighted by molar-refractivity contribution is 5.66. The Bertz CT molecular complexity index is 232. The standard InChI is InChI=1S/C13H25NO2/c1-11(16-12(2)15)10-13(3,4)14-8-6-5-7-9-14/h11H,5-10H2,1-4H3/p+1/t11-/m0/s1. The van der Waals surface area contributed by atoms with Crippen molar-refractivity contribution in [3.63, 3.8) is 0 Å². The number of hydrogen-bond acceptors (Lipinski definition) is 2. The van der Waals surface area contributed by atoms with Gasteiger partial charge in [0.1, 0.15) is 6.10 Å². The van der Waals surface area contributed by atoms with Gasteiger partial charge in [0, 0.05) is 13.3 Å². The van der Waals surface area contributed by atoms with Gasteiger partial charge in [0.05, 0.1) is 18.6 Å². The van der Waals surface area contributed by atoms with Crippen LogP contribution in [0.1, 0.15) is 53.4 Å². The molecule has 94 valence electrons. The molecule has 0 spiro atoms. The molecule has 0 aromatic carbocycles. The summed E-state index contributed by atoms with van der Waals surface area (Å²) >= 11 is 0. The molecule has 0 amide bonds. The molecule has 0 radical (unpaired) electrons. The van der Waals surface area contributed by atoms with Gasteiger partial charge in [-0.2, -0.15) is 0 Å². The molecule has 1 N–H and O–H groups in total. The summed E-state index contributed by atoms with van der Waals surface area (Å²) in [7, 11) is 0. The second kappa shape index (κ2) is 5.67. The van der Waals surface area contributed by atoms with Gasteiger partial charge in [0.15, 0.2) is 0 Å². The van der Waals surface area contributed by atoms with Gasteiger partial charge < -0.3 is 9.64 Å². The topological polar surface area (TPSA) is 30.7 Å². The summed E-state index contributed by atoms with van der Waals surface area (Å²) < 4.78 is 5.22. The molecule has 1 atom stereocenters. The number of quaternary nitrogens is 1. The average Bonchev–Trinajstić information content (AvgIpc) is 2.16. The molecule has 0 aromatic heterocycles. The van der Waals surface area contributed by atoms with E-state index in [-0.39, 0.29) is 17.6 Å². The van der Waals surface area contributed by atoms with Crippen molar-refractivity contribution < 1.29 is 14.4 Å². The smallest absolute Gasteiger partial charge is 0.302 e. The van der Waals surface area contributed by atoms with Crippen molar-refractivity contribution in [2.45, 2.75) is 65.0 Å². The summed E-state index contributed by atoms with van der Waals surface area (Å²) in [5.74, 6) is -0.169. The van der Waals surface area contributed by atoms with Crippen LogP contribution in [0.3, 0.4) is 0 Å². The molecule has 1 saturated heterocycles. The first-order valence-corrected chi connectivity index (χ1v) is 6.44. The lowest BCUT2D eigenvalue weighted by Crippen LogP contribution is -3.20. The lowest BCUT2D eigenvalue weighted by molar-refractivity contribution is -0.953. The zero-order chi connectivity index (χ0) is 12.2. The number of carbonyl (C=O) groups excluding carboxylic acids is 1. The van der Waals surface area contributed by atoms with E-state index in [1.165, 1.54) is 39.3 Å². The molecule has 0 saturated carbocycles. The van der Waals surface area contributed by atoms with E-state index < -0.39 is 0 Å². The second-order valence-electron chi connectivity index (χ2n) is 5.67. The highest BCUT2D eigenvalue weighted by Gasteiger charge is 2.34. The summed E-state index contributed by atoms with van der Waals surface area (Å²) in [5, 5.41) is 0. The van der Waals surface area contributed by atoms with Crippen molar-refractivity contribution in [2.24, 2.45) is 0 Å². The fourth-order valence-electron chi connectivity index (χ4n) is 2.84. The Kier molecular flexibility index (Phi) is 4.78. The van der Waals surface area contributed by atoms with Crippen molar-refractivity contribution in [1.82, 2.24) is 0 Å². The fraction of sp³-hybridized carbons (Fsp3) is 0.923. The van der Waals surface area contributed by atoms with Crippen LogP contribution in [-0.4, -0.2) is 30.7 Å². The lowest BCUT2D eigenvalue weighted by Gasteiger charge is -2.39. The molecule has 0 aromatic rings. The van der Waals surface area contributed by atoms with Crippen molar-refractivity contribution in [1.29, 1.82) is 0 Å². The maximum absolute atomic E-state index is 10.9. The van der Waals surface area contributed by atoms with E-state index in [1.807, 2.05) is 6.92 Å². The third-order valence-corrected chi connectivity index (χ3v) is 3.58. The Balaban J connectivity index is 2.45. The molecule has 1 rings (SSSR count). The predicted octanol–water partition coefficient (Wildman–Crippen LogP) is 1.18. The number of esters is 1. The minimum absolute atomic E-state index is 0.0296. The molecule has 16 heavy (non-hydrogen) atoms. The largest absolute Gasteiger partial charge is 0.463 e. The maximum atomic E-state index is 10.9. The minimum atomic E-state index is -0.169. The molecule has 1 fully saturated rings. The summed E-state index contributed by atoms with van der Waals surface area (Å²) in [4.78, 5) is 12.6. The molecule has 1 aliphatic rings. The third-order valence-electron chi connectivity index (χ3n) is 3.58. The van der Waals surface area contributed by atoms with Gasteiger partial charge in [-0.1, -0.05) is 0 Å². The predicted molar refractivity (Wildman–Crippen MR) is 64.5 cm³/mol. The Labute approximate surface area is 99.1 Å². The number of ether oxygens (including phenoxy) is 1. The Morgan fingerprint density at radius 2 is 1.88 bits per heavy atom. The zero-order valence-corrected chi connectivity index (χ0v) is 11.1. The molecule has 1 aliphatic heterocycles. The lowest BCUT2D eigenvalue weighted by atomic mass is 9.92. The van der Waals surface area contributed by atoms with Crippen LogP contribution in [0.2, 0.25) is 0 Å². The van der Waals surface area contributed by atoms with Crippen LogP contribution in [0, 0.1) is 0 Å². The third kappa shape index (κ3) is 4.12. The quantitative estimate of drug-likeness (QED) is 0.732. The van der Waals surface area contributed by atoms with Gasteiger partial charge in [-0.05, 0) is 40.0 Å². The first kappa shape index (κ1) is 13.5. The van der Waals surface area contributed by atoms with Crippen molar-refractivity contribution >= 4 is 5.97 Å². The van der Waals surface area contributed by atoms with E-state index in [4.69, 9.17) is 4.74 Å². The van der Waals surface area contributed by atoms with Gasteiger partial charge in [0.2, 0.25) is 0 Å². The molecule has 3 nitrogen and oxygen atoms in total. The number of likely N-dealkylation sites (tertiary alicyclic amines) is 1. The Hall–Kier alpha value is -0.570. The fourth-order valence-corrected chi connectivity index (χ4v) is 2.84. The molecular formula is C13H26NO2+. The van der Waals surface area contributed by atoms with Gasteiger partial charge in [-0.15, -0.1) is 0 Å². The summed E-state index contributed by atoms with van der Waals surface area (Å²) in [6, 6.07) is 0. The summed E-state index contributed by atoms with van der Waals surface area (Å²) in [6.07, 6.45) is 5.02. The summed E-state index contributed by atoms with van der Waals surface area (Å²) in [5.41, 5.74) is 0.218. The van der Waals surface area contributed by atoms with Crippen LogP contribution in [-0.2, 0) is 9.53 Å². The number of rotatable bonds is 4. The molecular weight excluding hydrogens is 202 g/mol. The van der Waals surface area contributed by atoms with E-state index in [9.17, 15) is 4.79 Å². The second-order valence-corrected chi connectivity index (χ2v) is 5.67. The molecule has 3 heteroatoms. The van der Waals surface area contributed by atoms with Crippen molar-refractivity contribution in [2.75, 3.05) is 13.1 Å². The first-order valence-electron chi connectivity index (χ1n) is 6.44. The molecule has 0 bridgehead atoms. The molecule has 1 heterocycles. The monoisotopic (exact) mass is 228 g/mol. The number of piperidine rings is 1. The van der Waals surface area contributed by atoms with E-state index in [0.717, 1.165) is 6.42 Å². The van der Waals surface area contributed by atoms with Gasteiger partial charge in [-0.3, -0.25) is 4.79 Å². The highest BCUT2D eigenvalue weighted by Crippen LogP contribution is 2.12. The van der Waals surface area contributed by atoms with Gasteiger partial charge in [0.25, 0.3) is 0 Å². The highest BCUT2D eigenvalue weighted by atomic mass is 16.5. The van der Waals surface area contributed by atoms with Crippen LogP contribution in [0.4, 0.5) is 0 Å². The first-order chi connectivity index (χ1) is 7.42. The van der Waals surface area contributed by atoms with Crippen molar-refractivity contribution in [3.8, 4) is 0 Å². The Morgan fingerprint density at radius 1 is 1.31 bits per heavy atom. The van der Waals surface area contributed by atoms with Crippen LogP contribution in [0.5, 0.6) is 0 Å². The number of nitrogens with one attached hydrogen (secondary N) is 1. The number of hydrogen-bond donors (Lipinski definition) is 1.